The Kier molecular flexibility index (Phi) is 5.39. The summed E-state index contributed by atoms with van der Waals surface area (Å²) in [4.78, 5) is 0. The fourth-order valence-electron chi connectivity index (χ4n) is 0.186. The Labute approximate surface area is 60.0 Å². The lowest BCUT2D eigenvalue weighted by Gasteiger charge is -1.73. The maximum atomic E-state index is 9.82. The molecule has 0 bridgehead atoms. The molecule has 0 rings (SSSR count). The molecule has 6 nitrogen and oxygen atoms in total. The molecule has 56 valence electrons. The topological polar surface area (TPSA) is 100 Å². The fraction of sp³-hybridized carbons (Fsp3) is 0. The van der Waals surface area contributed by atoms with Crippen molar-refractivity contribution in [3.63, 3.8) is 0 Å². The summed E-state index contributed by atoms with van der Waals surface area (Å²) in [5.41, 5.74) is 4.81. The van der Waals surface area contributed by atoms with Gasteiger partial charge in [0.25, 0.3) is 11.3 Å². The van der Waals surface area contributed by atoms with E-state index in [0.717, 1.165) is 18.8 Å². The van der Waals surface area contributed by atoms with Crippen molar-refractivity contribution in [2.75, 3.05) is 0 Å². The van der Waals surface area contributed by atoms with Crippen LogP contribution in [0.15, 0.2) is 14.6 Å². The molecule has 7 heteroatoms. The van der Waals surface area contributed by atoms with Crippen molar-refractivity contribution in [2.24, 2.45) is 20.3 Å². The Hall–Kier alpha value is -1.08. The van der Waals surface area contributed by atoms with Crippen molar-refractivity contribution in [1.82, 2.24) is 0 Å². The summed E-state index contributed by atoms with van der Waals surface area (Å²) < 4.78 is 20.9. The lowest BCUT2D eigenvalue weighted by molar-refractivity contribution is 0.567. The molecule has 1 atom stereocenters. The van der Waals surface area contributed by atoms with Crippen LogP contribution in [0, 0.1) is 0 Å². The maximum Gasteiger partial charge on any atom is 0.281 e. The van der Waals surface area contributed by atoms with Crippen molar-refractivity contribution in [3.05, 3.63) is 0 Å². The first-order chi connectivity index (χ1) is 4.77. The lowest BCUT2D eigenvalue weighted by atomic mass is 10.8. The van der Waals surface area contributed by atoms with Crippen LogP contribution in [0.4, 0.5) is 0 Å². The first-order valence-corrected chi connectivity index (χ1v) is 3.24. The van der Waals surface area contributed by atoms with E-state index < -0.39 is 11.3 Å². The number of hydrogen-bond acceptors (Lipinski definition) is 3. The van der Waals surface area contributed by atoms with Gasteiger partial charge in [-0.25, -0.2) is 4.21 Å². The van der Waals surface area contributed by atoms with Gasteiger partial charge in [-0.3, -0.25) is 4.55 Å². The number of rotatable bonds is 3. The highest BCUT2D eigenvalue weighted by Crippen LogP contribution is 1.69. The molecule has 0 fully saturated rings. The molecular weight excluding hydrogens is 156 g/mol. The molecule has 1 unspecified atom stereocenters. The zero-order valence-corrected chi connectivity index (χ0v) is 5.73. The predicted molar refractivity (Wildman–Crippen MR) is 40.4 cm³/mol. The van der Waals surface area contributed by atoms with Crippen molar-refractivity contribution in [2.45, 2.75) is 0 Å². The summed E-state index contributed by atoms with van der Waals surface area (Å²) in [5.74, 6) is 0. The van der Waals surface area contributed by atoms with Crippen molar-refractivity contribution < 1.29 is 8.76 Å². The number of nitrogens with zero attached hydrogens (tertiary/aromatic N) is 3. The number of hydrogen-bond donors (Lipinski definition) is 2. The van der Waals surface area contributed by atoms with E-state index in [2.05, 4.69) is 14.6 Å². The number of nitrogens with two attached hydrogens (primary N) is 1. The second kappa shape index (κ2) is 6.05. The highest BCUT2D eigenvalue weighted by atomic mass is 32.2. The third kappa shape index (κ3) is 6.92. The first-order valence-electron chi connectivity index (χ1n) is 2.17. The van der Waals surface area contributed by atoms with E-state index in [0.29, 0.717) is 0 Å². The summed E-state index contributed by atoms with van der Waals surface area (Å²) in [7, 11) is 0. The molecule has 3 N–H and O–H groups in total. The highest BCUT2D eigenvalue weighted by Gasteiger charge is 1.76. The minimum absolute atomic E-state index is 0.986. The van der Waals surface area contributed by atoms with Gasteiger partial charge in [0.05, 0.1) is 12.4 Å². The van der Waals surface area contributed by atoms with Crippen molar-refractivity contribution in [1.29, 1.82) is 0 Å². The van der Waals surface area contributed by atoms with Crippen LogP contribution in [-0.2, 0) is 11.3 Å². The minimum Gasteiger partial charge on any atom is -0.388 e. The van der Waals surface area contributed by atoms with Crippen LogP contribution < -0.4 is 5.73 Å². The molecule has 0 radical (unpaired) electrons. The third-order valence-electron chi connectivity index (χ3n) is 0.418. The van der Waals surface area contributed by atoms with Gasteiger partial charge in [0.15, 0.2) is 0 Å². The molecule has 0 saturated heterocycles. The Morgan fingerprint density at radius 1 is 1.40 bits per heavy atom. The van der Waals surface area contributed by atoms with E-state index in [-0.39, 0.29) is 0 Å². The van der Waals surface area contributed by atoms with Gasteiger partial charge in [-0.1, -0.05) is 0 Å². The SMILES string of the molecule is NC=NN=C/C=N\S(=O)O. The molecule has 0 aliphatic rings. The molecular formula is C3H6N4O2S. The fourth-order valence-corrected chi connectivity index (χ4v) is 0.345. The molecule has 0 heterocycles. The van der Waals surface area contributed by atoms with Crippen molar-refractivity contribution in [3.8, 4) is 0 Å². The molecule has 0 aromatic rings. The summed E-state index contributed by atoms with van der Waals surface area (Å²) in [6, 6.07) is 0. The summed E-state index contributed by atoms with van der Waals surface area (Å²) >= 11 is -2.18. The smallest absolute Gasteiger partial charge is 0.281 e. The molecule has 0 spiro atoms. The van der Waals surface area contributed by atoms with E-state index >= 15 is 0 Å². The van der Waals surface area contributed by atoms with Gasteiger partial charge in [0.2, 0.25) is 0 Å². The standard InChI is InChI=1S/C3H6N4O2S/c4-3-6-5-1-2-7-10(8)9/h1-3H,(H2,4,6)(H,8,9)/b5-1?,7-2-. The Balaban J connectivity index is 3.62. The zero-order valence-electron chi connectivity index (χ0n) is 4.91. The second-order valence-electron chi connectivity index (χ2n) is 1.01. The molecule has 0 aliphatic carbocycles. The van der Waals surface area contributed by atoms with Gasteiger partial charge in [-0.05, 0) is 0 Å². The summed E-state index contributed by atoms with van der Waals surface area (Å²) in [5, 5.41) is 6.51. The van der Waals surface area contributed by atoms with E-state index in [4.69, 9.17) is 10.3 Å². The molecule has 10 heavy (non-hydrogen) atoms. The quantitative estimate of drug-likeness (QED) is 0.245. The second-order valence-corrected chi connectivity index (χ2v) is 1.69. The maximum absolute atomic E-state index is 9.82. The Morgan fingerprint density at radius 3 is 2.60 bits per heavy atom. The summed E-state index contributed by atoms with van der Waals surface area (Å²) in [6.45, 7) is 0. The van der Waals surface area contributed by atoms with Gasteiger partial charge in [0, 0.05) is 0 Å². The molecule has 0 aliphatic heterocycles. The predicted octanol–water partition coefficient (Wildman–Crippen LogP) is -0.833. The third-order valence-corrected chi connectivity index (χ3v) is 0.720. The molecule has 0 aromatic heterocycles. The van der Waals surface area contributed by atoms with E-state index in [9.17, 15) is 4.21 Å². The Bertz CT molecular complexity index is 187. The van der Waals surface area contributed by atoms with Crippen LogP contribution in [0.25, 0.3) is 0 Å². The molecule has 0 aromatic carbocycles. The van der Waals surface area contributed by atoms with Gasteiger partial charge in [-0.2, -0.15) is 9.50 Å². The van der Waals surface area contributed by atoms with Gasteiger partial charge in [0.1, 0.15) is 6.34 Å². The van der Waals surface area contributed by atoms with Crippen LogP contribution in [0.3, 0.4) is 0 Å². The van der Waals surface area contributed by atoms with Crippen LogP contribution in [-0.4, -0.2) is 27.5 Å². The molecule has 0 saturated carbocycles. The zero-order chi connectivity index (χ0) is 7.82. The average Bonchev–Trinajstić information content (AvgIpc) is 1.87. The van der Waals surface area contributed by atoms with Gasteiger partial charge < -0.3 is 5.73 Å². The lowest BCUT2D eigenvalue weighted by Crippen LogP contribution is -1.86. The monoisotopic (exact) mass is 162 g/mol. The van der Waals surface area contributed by atoms with Crippen LogP contribution in [0.1, 0.15) is 0 Å². The van der Waals surface area contributed by atoms with Gasteiger partial charge in [-0.15, -0.1) is 5.10 Å². The normalized spacial score (nSPS) is 15.7. The van der Waals surface area contributed by atoms with Crippen LogP contribution in [0.2, 0.25) is 0 Å². The first kappa shape index (κ1) is 8.92. The van der Waals surface area contributed by atoms with E-state index in [1.54, 1.807) is 0 Å². The molecule has 0 amide bonds. The van der Waals surface area contributed by atoms with Crippen LogP contribution >= 0.6 is 0 Å². The van der Waals surface area contributed by atoms with E-state index in [1.165, 1.54) is 0 Å². The van der Waals surface area contributed by atoms with Crippen LogP contribution in [0.5, 0.6) is 0 Å². The van der Waals surface area contributed by atoms with Crippen molar-refractivity contribution >= 4 is 30.0 Å². The average molecular weight is 162 g/mol. The van der Waals surface area contributed by atoms with E-state index in [1.807, 2.05) is 0 Å². The Morgan fingerprint density at radius 2 is 2.10 bits per heavy atom. The minimum atomic E-state index is -2.18. The highest BCUT2D eigenvalue weighted by molar-refractivity contribution is 7.78. The summed E-state index contributed by atoms with van der Waals surface area (Å²) in [6.07, 6.45) is 3.17. The van der Waals surface area contributed by atoms with Gasteiger partial charge >= 0.3 is 0 Å². The largest absolute Gasteiger partial charge is 0.388 e.